The largest absolute Gasteiger partial charge is 0.475 e. The number of nitrogens with zero attached hydrogens (tertiary/aromatic N) is 1. The van der Waals surface area contributed by atoms with E-state index in [0.717, 1.165) is 0 Å². The van der Waals surface area contributed by atoms with Gasteiger partial charge in [0.15, 0.2) is 0 Å². The number of aromatic carboxylic acids is 1. The van der Waals surface area contributed by atoms with Crippen LogP contribution in [0.25, 0.3) is 0 Å². The van der Waals surface area contributed by atoms with Crippen molar-refractivity contribution in [3.63, 3.8) is 0 Å². The Labute approximate surface area is 81.7 Å². The summed E-state index contributed by atoms with van der Waals surface area (Å²) in [6.07, 6.45) is 0.539. The van der Waals surface area contributed by atoms with E-state index in [1.807, 2.05) is 13.8 Å². The molecule has 1 aromatic rings. The van der Waals surface area contributed by atoms with E-state index in [1.54, 1.807) is 0 Å². The molecule has 0 saturated heterocycles. The van der Waals surface area contributed by atoms with Crippen LogP contribution in [0.15, 0.2) is 4.42 Å². The summed E-state index contributed by atoms with van der Waals surface area (Å²) in [5.41, 5.74) is 0.465. The van der Waals surface area contributed by atoms with Gasteiger partial charge >= 0.3 is 5.97 Å². The van der Waals surface area contributed by atoms with Gasteiger partial charge < -0.3 is 14.3 Å². The molecule has 1 rings (SSSR count). The summed E-state index contributed by atoms with van der Waals surface area (Å²) >= 11 is 0. The third-order valence-corrected chi connectivity index (χ3v) is 1.70. The smallest absolute Gasteiger partial charge is 0.373 e. The Kier molecular flexibility index (Phi) is 3.64. The van der Waals surface area contributed by atoms with Crippen molar-refractivity contribution in [2.24, 2.45) is 0 Å². The first kappa shape index (κ1) is 10.7. The van der Waals surface area contributed by atoms with E-state index in [0.29, 0.717) is 24.6 Å². The zero-order chi connectivity index (χ0) is 10.6. The van der Waals surface area contributed by atoms with Gasteiger partial charge in [0, 0.05) is 6.61 Å². The topological polar surface area (TPSA) is 72.6 Å². The summed E-state index contributed by atoms with van der Waals surface area (Å²) in [6, 6.07) is 0. The van der Waals surface area contributed by atoms with Gasteiger partial charge in [0.2, 0.25) is 11.7 Å². The number of aromatic nitrogens is 1. The van der Waals surface area contributed by atoms with Crippen LogP contribution >= 0.6 is 0 Å². The highest BCUT2D eigenvalue weighted by molar-refractivity contribution is 5.85. The van der Waals surface area contributed by atoms with E-state index in [9.17, 15) is 4.79 Å². The fourth-order valence-corrected chi connectivity index (χ4v) is 1.06. The Morgan fingerprint density at radius 3 is 2.71 bits per heavy atom. The lowest BCUT2D eigenvalue weighted by Gasteiger charge is -1.93. The van der Waals surface area contributed by atoms with Crippen molar-refractivity contribution in [3.8, 4) is 0 Å². The number of oxazole rings is 1. The van der Waals surface area contributed by atoms with Crippen LogP contribution in [0, 0.1) is 0 Å². The molecule has 0 unspecified atom stereocenters. The first-order valence-corrected chi connectivity index (χ1v) is 4.48. The molecule has 1 N–H and O–H groups in total. The summed E-state index contributed by atoms with van der Waals surface area (Å²) in [6.45, 7) is 4.44. The molecule has 14 heavy (non-hydrogen) atoms. The Morgan fingerprint density at radius 1 is 1.57 bits per heavy atom. The van der Waals surface area contributed by atoms with E-state index >= 15 is 0 Å². The van der Waals surface area contributed by atoms with Crippen LogP contribution in [0.1, 0.15) is 36.0 Å². The van der Waals surface area contributed by atoms with Gasteiger partial charge in [-0.3, -0.25) is 0 Å². The third-order valence-electron chi connectivity index (χ3n) is 1.70. The van der Waals surface area contributed by atoms with Gasteiger partial charge in [-0.05, 0) is 13.3 Å². The van der Waals surface area contributed by atoms with Gasteiger partial charge in [0.05, 0.1) is 5.69 Å². The first-order chi connectivity index (χ1) is 6.69. The molecule has 0 spiro atoms. The molecular weight excluding hydrogens is 186 g/mol. The van der Waals surface area contributed by atoms with Crippen LogP contribution < -0.4 is 0 Å². The van der Waals surface area contributed by atoms with E-state index in [2.05, 4.69) is 4.98 Å². The average Bonchev–Trinajstić information content (AvgIpc) is 2.57. The lowest BCUT2D eigenvalue weighted by atomic mass is 10.3. The highest BCUT2D eigenvalue weighted by Crippen LogP contribution is 2.12. The normalized spacial score (nSPS) is 10.4. The second kappa shape index (κ2) is 4.76. The van der Waals surface area contributed by atoms with E-state index < -0.39 is 5.97 Å². The molecule has 0 bridgehead atoms. The fraction of sp³-hybridized carbons (Fsp3) is 0.556. The molecule has 0 aliphatic rings. The Hall–Kier alpha value is -1.36. The number of carboxylic acids is 1. The SMILES string of the molecule is CCOCc1nc(CC)c(C(=O)O)o1. The van der Waals surface area contributed by atoms with E-state index in [4.69, 9.17) is 14.3 Å². The average molecular weight is 199 g/mol. The number of carbonyl (C=O) groups is 1. The molecular formula is C9H13NO4. The fourth-order valence-electron chi connectivity index (χ4n) is 1.06. The standard InChI is InChI=1S/C9H13NO4/c1-3-6-8(9(11)12)14-7(10-6)5-13-4-2/h3-5H2,1-2H3,(H,11,12). The molecule has 78 valence electrons. The minimum absolute atomic E-state index is 0.0813. The highest BCUT2D eigenvalue weighted by Gasteiger charge is 2.17. The van der Waals surface area contributed by atoms with Crippen molar-refractivity contribution < 1.29 is 19.1 Å². The molecule has 0 radical (unpaired) electrons. The van der Waals surface area contributed by atoms with Crippen LogP contribution in [-0.4, -0.2) is 22.7 Å². The van der Waals surface area contributed by atoms with Gasteiger partial charge in [0.1, 0.15) is 6.61 Å². The van der Waals surface area contributed by atoms with Gasteiger partial charge in [-0.25, -0.2) is 9.78 Å². The lowest BCUT2D eigenvalue weighted by molar-refractivity contribution is 0.0648. The molecule has 0 atom stereocenters. The predicted octanol–water partition coefficient (Wildman–Crippen LogP) is 1.47. The second-order valence-electron chi connectivity index (χ2n) is 2.68. The molecule has 5 heteroatoms. The third kappa shape index (κ3) is 2.32. The Balaban J connectivity index is 2.83. The van der Waals surface area contributed by atoms with Gasteiger partial charge in [0.25, 0.3) is 0 Å². The minimum Gasteiger partial charge on any atom is -0.475 e. The quantitative estimate of drug-likeness (QED) is 0.777. The van der Waals surface area contributed by atoms with Crippen LogP contribution in [0.2, 0.25) is 0 Å². The number of aryl methyl sites for hydroxylation is 1. The first-order valence-electron chi connectivity index (χ1n) is 4.48. The number of rotatable bonds is 5. The second-order valence-corrected chi connectivity index (χ2v) is 2.68. The maximum absolute atomic E-state index is 10.7. The predicted molar refractivity (Wildman–Crippen MR) is 48.2 cm³/mol. The molecule has 0 aliphatic carbocycles. The molecule has 0 fully saturated rings. The summed E-state index contributed by atoms with van der Waals surface area (Å²) in [7, 11) is 0. The zero-order valence-electron chi connectivity index (χ0n) is 8.24. The van der Waals surface area contributed by atoms with Crippen LogP contribution in [0.5, 0.6) is 0 Å². The summed E-state index contributed by atoms with van der Waals surface area (Å²) in [5, 5.41) is 8.76. The summed E-state index contributed by atoms with van der Waals surface area (Å²) in [5.74, 6) is -0.847. The monoisotopic (exact) mass is 199 g/mol. The summed E-state index contributed by atoms with van der Waals surface area (Å²) < 4.78 is 10.1. The molecule has 0 aromatic carbocycles. The molecule has 0 amide bonds. The zero-order valence-corrected chi connectivity index (χ0v) is 8.24. The van der Waals surface area contributed by atoms with Crippen LogP contribution in [-0.2, 0) is 17.8 Å². The highest BCUT2D eigenvalue weighted by atomic mass is 16.5. The van der Waals surface area contributed by atoms with Crippen molar-refractivity contribution in [3.05, 3.63) is 17.3 Å². The minimum atomic E-state index is -1.09. The van der Waals surface area contributed by atoms with Crippen LogP contribution in [0.4, 0.5) is 0 Å². The van der Waals surface area contributed by atoms with E-state index in [-0.39, 0.29) is 12.4 Å². The molecule has 1 aromatic heterocycles. The Bertz CT molecular complexity index is 319. The molecule has 0 saturated carbocycles. The van der Waals surface area contributed by atoms with E-state index in [1.165, 1.54) is 0 Å². The summed E-state index contributed by atoms with van der Waals surface area (Å²) in [4.78, 5) is 14.7. The maximum atomic E-state index is 10.7. The maximum Gasteiger partial charge on any atom is 0.373 e. The van der Waals surface area contributed by atoms with Crippen molar-refractivity contribution in [1.82, 2.24) is 4.98 Å². The molecule has 5 nitrogen and oxygen atoms in total. The van der Waals surface area contributed by atoms with Crippen molar-refractivity contribution >= 4 is 5.97 Å². The van der Waals surface area contributed by atoms with Crippen molar-refractivity contribution in [2.75, 3.05) is 6.61 Å². The molecule has 1 heterocycles. The number of hydrogen-bond donors (Lipinski definition) is 1. The van der Waals surface area contributed by atoms with Gasteiger partial charge in [-0.2, -0.15) is 0 Å². The van der Waals surface area contributed by atoms with Crippen molar-refractivity contribution in [2.45, 2.75) is 26.9 Å². The van der Waals surface area contributed by atoms with Crippen molar-refractivity contribution in [1.29, 1.82) is 0 Å². The van der Waals surface area contributed by atoms with Crippen LogP contribution in [0.3, 0.4) is 0 Å². The number of ether oxygens (including phenoxy) is 1. The van der Waals surface area contributed by atoms with Gasteiger partial charge in [-0.1, -0.05) is 6.92 Å². The number of hydrogen-bond acceptors (Lipinski definition) is 4. The van der Waals surface area contributed by atoms with Gasteiger partial charge in [-0.15, -0.1) is 0 Å². The molecule has 0 aliphatic heterocycles. The lowest BCUT2D eigenvalue weighted by Crippen LogP contribution is -1.98. The number of carboxylic acid groups (broad SMARTS) is 1. The Morgan fingerprint density at radius 2 is 2.29 bits per heavy atom.